The van der Waals surface area contributed by atoms with Gasteiger partial charge in [-0.15, -0.1) is 0 Å². The summed E-state index contributed by atoms with van der Waals surface area (Å²) in [5, 5.41) is 27.0. The van der Waals surface area contributed by atoms with E-state index in [9.17, 15) is 69.9 Å². The molecule has 4 aromatic carbocycles. The van der Waals surface area contributed by atoms with Crippen LogP contribution in [-0.2, 0) is 90.2 Å². The van der Waals surface area contributed by atoms with Gasteiger partial charge in [0.15, 0.2) is 0 Å². The van der Waals surface area contributed by atoms with E-state index in [2.05, 4.69) is 56.6 Å². The minimum atomic E-state index is -4.36. The molecule has 0 saturated heterocycles. The lowest BCUT2D eigenvalue weighted by Gasteiger charge is -2.26. The predicted octanol–water partition coefficient (Wildman–Crippen LogP) is 4.83. The predicted molar refractivity (Wildman–Crippen MR) is 419 cm³/mol. The molecule has 0 spiro atoms. The van der Waals surface area contributed by atoms with E-state index >= 15 is 0 Å². The van der Waals surface area contributed by atoms with Crippen LogP contribution in [0.2, 0.25) is 0 Å². The van der Waals surface area contributed by atoms with Crippen molar-refractivity contribution in [1.82, 2.24) is 46.7 Å². The van der Waals surface area contributed by atoms with Gasteiger partial charge in [-0.1, -0.05) is 48.5 Å². The van der Waals surface area contributed by atoms with E-state index in [0.717, 1.165) is 33.4 Å². The van der Waals surface area contributed by atoms with Crippen molar-refractivity contribution in [3.05, 3.63) is 104 Å². The summed E-state index contributed by atoms with van der Waals surface area (Å²) in [5.41, 5.74) is 17.4. The number of carboxylic acids is 1. The Balaban J connectivity index is 1.07. The molecule has 0 saturated carbocycles. The number of fused-ring (bicyclic) bond motifs is 5. The number of alkyl carbamates (subject to hydrolysis) is 1. The highest BCUT2D eigenvalue weighted by atomic mass is 32.2. The molecule has 4 aromatic rings. The summed E-state index contributed by atoms with van der Waals surface area (Å²) in [6, 6.07) is 3.86. The van der Waals surface area contributed by atoms with Crippen LogP contribution in [-0.4, -0.2) is 178 Å². The van der Waals surface area contributed by atoms with Crippen molar-refractivity contribution in [2.45, 2.75) is 263 Å². The third-order valence-corrected chi connectivity index (χ3v) is 22.4. The molecular weight excluding hydrogens is 1500 g/mol. The normalized spacial score (nSPS) is 16.2. The maximum atomic E-state index is 14.4. The Morgan fingerprint density at radius 3 is 1.23 bits per heavy atom. The first kappa shape index (κ1) is 89.6. The first-order valence-corrected chi connectivity index (χ1v) is 40.2. The van der Waals surface area contributed by atoms with Gasteiger partial charge in [0.2, 0.25) is 47.4 Å². The molecule has 0 fully saturated rings. The number of carbonyl (C=O) groups excluding carboxylic acids is 9. The molecule has 7 atom stereocenters. The summed E-state index contributed by atoms with van der Waals surface area (Å²) in [6.07, 6.45) is -2.39. The van der Waals surface area contributed by atoms with Crippen molar-refractivity contribution < 1.29 is 93.6 Å². The van der Waals surface area contributed by atoms with E-state index < -0.39 is 169 Å². The Morgan fingerprint density at radius 1 is 0.504 bits per heavy atom. The molecule has 7 amide bonds. The molecule has 2 heterocycles. The van der Waals surface area contributed by atoms with E-state index in [1.54, 1.807) is 83.1 Å². The van der Waals surface area contributed by atoms with Crippen LogP contribution >= 0.6 is 0 Å². The molecule has 7 rings (SSSR count). The number of carboxylic acid groups (broad SMARTS) is 1. The first-order valence-electron chi connectivity index (χ1n) is 37.2. The number of benzene rings is 4. The van der Waals surface area contributed by atoms with Crippen molar-refractivity contribution in [2.75, 3.05) is 19.7 Å². The van der Waals surface area contributed by atoms with Gasteiger partial charge in [0.1, 0.15) is 82.8 Å². The zero-order chi connectivity index (χ0) is 84.5. The molecule has 1 aliphatic carbocycles. The van der Waals surface area contributed by atoms with Crippen LogP contribution in [0.25, 0.3) is 11.1 Å². The van der Waals surface area contributed by atoms with E-state index in [4.69, 9.17) is 35.2 Å². The molecule has 2 aliphatic heterocycles. The monoisotopic (exact) mass is 1610 g/mol. The SMILES string of the molecule is Cc1c(C)c(S(=O)(=O)NC(N)=NCCC[C@H](NC(=O)OCC2c3ccccc3-c3ccccc32)C(=O)N[C@@H](C)C(=O)N[C@@H](CC(=O)OC(C)(C)C)C(=O)N[C@@H](C)C(=O)N[C@@H](CCCN=C(N)NS(=O)(=O)c2c(C)c(C)c3c(c2C)CC(C)(C)O3)C(=O)N[C@@H](C)C(=O)N[C@@H](CC(=O)OC(C)(C)C)C(=O)O)c(C)c2c1OC(C)(C)C2. The smallest absolute Gasteiger partial charge is 0.407 e. The number of sulfonamides is 2. The van der Waals surface area contributed by atoms with Crippen LogP contribution in [0.3, 0.4) is 0 Å². The van der Waals surface area contributed by atoms with Gasteiger partial charge >= 0.3 is 24.0 Å². The van der Waals surface area contributed by atoms with Crippen LogP contribution in [0, 0.1) is 41.5 Å². The van der Waals surface area contributed by atoms with Gasteiger partial charge in [0.05, 0.1) is 22.6 Å². The third-order valence-electron chi connectivity index (χ3n) is 19.1. The number of nitrogens with one attached hydrogen (secondary N) is 9. The number of aliphatic carboxylic acids is 1. The van der Waals surface area contributed by atoms with Crippen LogP contribution in [0.5, 0.6) is 11.5 Å². The van der Waals surface area contributed by atoms with Crippen LogP contribution in [0.15, 0.2) is 68.3 Å². The molecule has 0 aromatic heterocycles. The van der Waals surface area contributed by atoms with Crippen molar-refractivity contribution >= 4 is 91.4 Å². The Kier molecular flexibility index (Phi) is 28.6. The fraction of sp³-hybridized carbons (Fsp3) is 0.538. The summed E-state index contributed by atoms with van der Waals surface area (Å²) in [6.45, 7) is 30.1. The highest BCUT2D eigenvalue weighted by Crippen LogP contribution is 2.47. The topological polar surface area (TPSA) is 490 Å². The summed E-state index contributed by atoms with van der Waals surface area (Å²) in [4.78, 5) is 146. The fourth-order valence-corrected chi connectivity index (χ4v) is 16.6. The number of amides is 7. The molecule has 113 heavy (non-hydrogen) atoms. The summed E-state index contributed by atoms with van der Waals surface area (Å²) < 4.78 is 89.5. The molecule has 618 valence electrons. The molecule has 35 heteroatoms. The number of guanidine groups is 2. The summed E-state index contributed by atoms with van der Waals surface area (Å²) >= 11 is 0. The van der Waals surface area contributed by atoms with Gasteiger partial charge in [-0.25, -0.2) is 35.9 Å². The van der Waals surface area contributed by atoms with Crippen LogP contribution < -0.4 is 67.6 Å². The van der Waals surface area contributed by atoms with Gasteiger partial charge in [-0.05, 0) is 213 Å². The molecule has 0 unspecified atom stereocenters. The minimum Gasteiger partial charge on any atom is -0.487 e. The number of carbonyl (C=O) groups is 10. The highest BCUT2D eigenvalue weighted by molar-refractivity contribution is 7.90. The standard InChI is InChI=1S/C78H109N13O20S2/c1-39-41(3)63(43(5)52-36-77(16,17)110-61(39)52)112(103,104)90-72(79)81-32-24-30-55(68(97)83-47(9)67(96)88-58(71(100)101)35-60(93)109-76(13,14)15)86-65(94)45(7)85-70(99)57(34-59(92)108-75(10,11)12)87-66(95)46(8)84-69(98)56(89-74(102)107-38-54-50-28-22-20-26-48(50)49-27-21-23-29-51(49)54)31-25-33-82-73(80)91-113(105,106)64-42(4)40(2)62-53(44(64)6)37-78(18,19)111-62/h20-23,26-29,45-47,54-58H,24-25,30-38H2,1-19H3,(H,83,97)(H,84,98)(H,85,99)(H,86,94)(H,87,95)(H,88,96)(H,89,102)(H,100,101)(H3,79,81,90)(H3,80,82,91)/t45-,46-,47-,55-,56-,57-,58-/m0/s1. The summed E-state index contributed by atoms with van der Waals surface area (Å²) in [5.74, 6) is -9.98. The number of aliphatic imine (C=N–C) groups is 2. The maximum absolute atomic E-state index is 14.4. The average molecular weight is 1610 g/mol. The molecule has 14 N–H and O–H groups in total. The van der Waals surface area contributed by atoms with Crippen molar-refractivity contribution in [1.29, 1.82) is 0 Å². The maximum Gasteiger partial charge on any atom is 0.407 e. The van der Waals surface area contributed by atoms with Gasteiger partial charge in [0.25, 0.3) is 20.0 Å². The number of nitrogens with two attached hydrogens (primary N) is 2. The van der Waals surface area contributed by atoms with Gasteiger partial charge in [-0.2, -0.15) is 0 Å². The lowest BCUT2D eigenvalue weighted by Crippen LogP contribution is -2.59. The van der Waals surface area contributed by atoms with Crippen molar-refractivity contribution in [2.24, 2.45) is 21.5 Å². The highest BCUT2D eigenvalue weighted by Gasteiger charge is 2.41. The fourth-order valence-electron chi connectivity index (χ4n) is 13.6. The Labute approximate surface area is 659 Å². The quantitative estimate of drug-likeness (QED) is 0.0102. The summed E-state index contributed by atoms with van der Waals surface area (Å²) in [7, 11) is -8.67. The minimum absolute atomic E-state index is 0.0169. The van der Waals surface area contributed by atoms with Crippen LogP contribution in [0.4, 0.5) is 4.79 Å². The first-order chi connectivity index (χ1) is 52.3. The third kappa shape index (κ3) is 23.5. The second-order valence-corrected chi connectivity index (χ2v) is 35.2. The largest absolute Gasteiger partial charge is 0.487 e. The molecule has 0 radical (unpaired) electrons. The molecule has 3 aliphatic rings. The molecular formula is C78H109N13O20S2. The lowest BCUT2D eigenvalue weighted by molar-refractivity contribution is -0.159. The zero-order valence-corrected chi connectivity index (χ0v) is 69.2. The number of hydrogen-bond acceptors (Lipinski definition) is 21. The average Bonchev–Trinajstić information content (AvgIpc) is 1.65. The van der Waals surface area contributed by atoms with Gasteiger partial charge in [0, 0.05) is 43.0 Å². The van der Waals surface area contributed by atoms with Crippen LogP contribution in [0.1, 0.15) is 190 Å². The zero-order valence-electron chi connectivity index (χ0n) is 67.6. The van der Waals surface area contributed by atoms with E-state index in [-0.39, 0.29) is 61.1 Å². The van der Waals surface area contributed by atoms with Crippen molar-refractivity contribution in [3.63, 3.8) is 0 Å². The Hall–Kier alpha value is -10.6. The van der Waals surface area contributed by atoms with E-state index in [1.807, 2.05) is 76.2 Å². The van der Waals surface area contributed by atoms with Gasteiger partial charge in [-0.3, -0.25) is 48.3 Å². The van der Waals surface area contributed by atoms with E-state index in [1.165, 1.54) is 20.8 Å². The second kappa shape index (κ2) is 36.1. The Morgan fingerprint density at radius 2 is 0.850 bits per heavy atom. The number of esters is 2. The second-order valence-electron chi connectivity index (χ2n) is 31.9. The number of hydrogen-bond donors (Lipinski definition) is 12. The lowest BCUT2D eigenvalue weighted by atomic mass is 9.94. The number of nitrogens with zero attached hydrogens (tertiary/aromatic N) is 2. The number of ether oxygens (including phenoxy) is 5. The van der Waals surface area contributed by atoms with Gasteiger partial charge < -0.3 is 77.5 Å². The van der Waals surface area contributed by atoms with E-state index in [0.29, 0.717) is 57.7 Å². The number of rotatable bonds is 32. The molecule has 0 bridgehead atoms. The molecule has 33 nitrogen and oxygen atoms in total. The van der Waals surface area contributed by atoms with Crippen molar-refractivity contribution in [3.8, 4) is 22.6 Å². The Bertz CT molecular complexity index is 4630.